The summed E-state index contributed by atoms with van der Waals surface area (Å²) in [7, 11) is 0. The summed E-state index contributed by atoms with van der Waals surface area (Å²) >= 11 is 6.29. The molecule has 3 aromatic carbocycles. The Bertz CT molecular complexity index is 2210. The van der Waals surface area contributed by atoms with Crippen LogP contribution in [-0.4, -0.2) is 81.6 Å². The molecule has 2 saturated heterocycles. The molecule has 0 bridgehead atoms. The zero-order valence-corrected chi connectivity index (χ0v) is 31.2. The highest BCUT2D eigenvalue weighted by Crippen LogP contribution is 2.59. The number of benzene rings is 3. The Morgan fingerprint density at radius 2 is 1.48 bits per heavy atom. The first kappa shape index (κ1) is 34.5. The number of rotatable bonds is 6. The number of carbonyl (C=O) groups excluding carboxylic acids is 5. The standard InChI is InChI=1S/C41H39ClN6O6/c1-40(2)38(41(3,4)39(40)54-27-7-5-21(15-43)31(42)14-27)47-18-24-11-25(6-8-28(24)35(47)51)46-19-26(20-46)45-16-22-12-29-30(13-23(22)17-45)37(53)48(36(29)52)32-9-10-33(49)44-34(32)50/h5-8,11-14,26,32,38-39H,9-10,16-20H2,1-4H3,(H,44,49,50)/t32?,38-,39-. The van der Waals surface area contributed by atoms with Crippen molar-refractivity contribution in [1.82, 2.24) is 20.0 Å². The van der Waals surface area contributed by atoms with Crippen LogP contribution in [0, 0.1) is 22.2 Å². The third-order valence-corrected chi connectivity index (χ3v) is 12.9. The van der Waals surface area contributed by atoms with Crippen LogP contribution in [0.25, 0.3) is 0 Å². The second kappa shape index (κ2) is 11.9. The largest absolute Gasteiger partial charge is 0.489 e. The topological polar surface area (TPSA) is 143 Å². The van der Waals surface area contributed by atoms with Gasteiger partial charge in [0.25, 0.3) is 17.7 Å². The van der Waals surface area contributed by atoms with Crippen molar-refractivity contribution in [3.05, 3.63) is 92.5 Å². The predicted octanol–water partition coefficient (Wildman–Crippen LogP) is 4.66. The van der Waals surface area contributed by atoms with E-state index in [2.05, 4.69) is 54.9 Å². The molecule has 0 aromatic heterocycles. The Morgan fingerprint density at radius 3 is 2.09 bits per heavy atom. The molecule has 1 N–H and O–H groups in total. The number of imide groups is 2. The molecule has 1 saturated carbocycles. The van der Waals surface area contributed by atoms with Crippen molar-refractivity contribution in [3.8, 4) is 11.8 Å². The highest BCUT2D eigenvalue weighted by molar-refractivity contribution is 6.31. The number of carbonyl (C=O) groups is 5. The van der Waals surface area contributed by atoms with E-state index in [1.165, 1.54) is 0 Å². The van der Waals surface area contributed by atoms with E-state index in [0.717, 1.165) is 45.9 Å². The number of nitrogens with one attached hydrogen (secondary N) is 1. The van der Waals surface area contributed by atoms with Crippen molar-refractivity contribution in [2.75, 3.05) is 18.0 Å². The third kappa shape index (κ3) is 5.01. The average Bonchev–Trinajstić information content (AvgIpc) is 3.72. The summed E-state index contributed by atoms with van der Waals surface area (Å²) in [5.41, 5.74) is 5.15. The fourth-order valence-corrected chi connectivity index (χ4v) is 10.5. The van der Waals surface area contributed by atoms with Crippen LogP contribution in [0.2, 0.25) is 5.02 Å². The number of halogens is 1. The molecule has 276 valence electrons. The van der Waals surface area contributed by atoms with Gasteiger partial charge in [0.15, 0.2) is 0 Å². The van der Waals surface area contributed by atoms with E-state index in [4.69, 9.17) is 16.3 Å². The molecular formula is C41H39ClN6O6. The molecule has 12 nitrogen and oxygen atoms in total. The van der Waals surface area contributed by atoms with Crippen molar-refractivity contribution < 1.29 is 28.7 Å². The summed E-state index contributed by atoms with van der Waals surface area (Å²) in [6, 6.07) is 16.2. The van der Waals surface area contributed by atoms with Crippen LogP contribution in [0.4, 0.5) is 5.69 Å². The number of nitrogens with zero attached hydrogens (tertiary/aromatic N) is 5. The highest BCUT2D eigenvalue weighted by atomic mass is 35.5. The number of ether oxygens (including phenoxy) is 1. The van der Waals surface area contributed by atoms with Gasteiger partial charge < -0.3 is 14.5 Å². The van der Waals surface area contributed by atoms with Crippen LogP contribution in [-0.2, 0) is 29.2 Å². The molecule has 54 heavy (non-hydrogen) atoms. The number of amides is 5. The van der Waals surface area contributed by atoms with E-state index in [1.54, 1.807) is 30.3 Å². The summed E-state index contributed by atoms with van der Waals surface area (Å²) in [5, 5.41) is 11.8. The molecule has 3 fully saturated rings. The van der Waals surface area contributed by atoms with E-state index >= 15 is 0 Å². The number of nitriles is 1. The van der Waals surface area contributed by atoms with E-state index in [0.29, 0.717) is 47.1 Å². The average molecular weight is 747 g/mol. The van der Waals surface area contributed by atoms with Crippen LogP contribution >= 0.6 is 11.6 Å². The first-order valence-electron chi connectivity index (χ1n) is 18.3. The molecule has 5 heterocycles. The summed E-state index contributed by atoms with van der Waals surface area (Å²) in [6.45, 7) is 12.0. The quantitative estimate of drug-likeness (QED) is 0.357. The first-order valence-corrected chi connectivity index (χ1v) is 18.7. The zero-order valence-electron chi connectivity index (χ0n) is 30.4. The van der Waals surface area contributed by atoms with Gasteiger partial charge in [0, 0.05) is 79.4 Å². The van der Waals surface area contributed by atoms with Crippen molar-refractivity contribution in [2.45, 2.75) is 84.4 Å². The second-order valence-corrected chi connectivity index (χ2v) is 17.1. The van der Waals surface area contributed by atoms with Gasteiger partial charge in [0.2, 0.25) is 11.8 Å². The van der Waals surface area contributed by atoms with Gasteiger partial charge in [-0.25, -0.2) is 0 Å². The lowest BCUT2D eigenvalue weighted by atomic mass is 9.49. The minimum absolute atomic E-state index is 0.0305. The van der Waals surface area contributed by atoms with E-state index in [9.17, 15) is 29.2 Å². The maximum absolute atomic E-state index is 13.9. The summed E-state index contributed by atoms with van der Waals surface area (Å²) < 4.78 is 6.48. The third-order valence-electron chi connectivity index (χ3n) is 12.6. The molecule has 5 amide bonds. The predicted molar refractivity (Wildman–Crippen MR) is 197 cm³/mol. The fraction of sp³-hybridized carbons (Fsp3) is 0.415. The SMILES string of the molecule is CC1(C)[C@H](Oc2ccc(C#N)c(Cl)c2)C(C)(C)[C@H]1N1Cc2cc(N3CC(N4Cc5cc6c(cc5C4)C(=O)N(C4CCC(=O)NC4=O)C6=O)C3)ccc2C1=O. The molecule has 1 aliphatic carbocycles. The molecule has 13 heteroatoms. The lowest BCUT2D eigenvalue weighted by molar-refractivity contribution is -0.199. The lowest BCUT2D eigenvalue weighted by Crippen LogP contribution is -2.74. The monoisotopic (exact) mass is 746 g/mol. The number of anilines is 1. The van der Waals surface area contributed by atoms with Crippen LogP contribution in [0.3, 0.4) is 0 Å². The maximum Gasteiger partial charge on any atom is 0.262 e. The number of hydrogen-bond donors (Lipinski definition) is 1. The van der Waals surface area contributed by atoms with Crippen molar-refractivity contribution in [3.63, 3.8) is 0 Å². The maximum atomic E-state index is 13.9. The molecule has 1 atom stereocenters. The Kier molecular flexibility index (Phi) is 7.59. The fourth-order valence-electron chi connectivity index (χ4n) is 10.3. The lowest BCUT2D eigenvalue weighted by Gasteiger charge is -2.65. The number of fused-ring (bicyclic) bond motifs is 3. The van der Waals surface area contributed by atoms with Gasteiger partial charge in [0.1, 0.15) is 24.0 Å². The molecule has 6 aliphatic rings. The van der Waals surface area contributed by atoms with Gasteiger partial charge in [-0.15, -0.1) is 0 Å². The number of piperidine rings is 1. The Hall–Kier alpha value is -5.25. The molecule has 9 rings (SSSR count). The smallest absolute Gasteiger partial charge is 0.262 e. The van der Waals surface area contributed by atoms with Crippen LogP contribution in [0.5, 0.6) is 5.75 Å². The zero-order chi connectivity index (χ0) is 38.0. The molecule has 3 aromatic rings. The van der Waals surface area contributed by atoms with Gasteiger partial charge in [-0.05, 0) is 65.6 Å². The van der Waals surface area contributed by atoms with Gasteiger partial charge in [-0.2, -0.15) is 5.26 Å². The van der Waals surface area contributed by atoms with Crippen molar-refractivity contribution in [2.24, 2.45) is 10.8 Å². The minimum atomic E-state index is -0.979. The first-order chi connectivity index (χ1) is 25.7. The number of hydrogen-bond acceptors (Lipinski definition) is 9. The van der Waals surface area contributed by atoms with Gasteiger partial charge in [-0.1, -0.05) is 39.3 Å². The van der Waals surface area contributed by atoms with Crippen LogP contribution < -0.4 is 15.0 Å². The molecule has 0 radical (unpaired) electrons. The minimum Gasteiger partial charge on any atom is -0.489 e. The van der Waals surface area contributed by atoms with E-state index < -0.39 is 29.7 Å². The van der Waals surface area contributed by atoms with Crippen molar-refractivity contribution in [1.29, 1.82) is 5.26 Å². The summed E-state index contributed by atoms with van der Waals surface area (Å²) in [6.07, 6.45) is 0.0317. The summed E-state index contributed by atoms with van der Waals surface area (Å²) in [5.74, 6) is -1.35. The second-order valence-electron chi connectivity index (χ2n) is 16.6. The highest BCUT2D eigenvalue weighted by Gasteiger charge is 2.67. The van der Waals surface area contributed by atoms with Gasteiger partial charge in [0.05, 0.1) is 21.7 Å². The Balaban J connectivity index is 0.838. The van der Waals surface area contributed by atoms with Gasteiger partial charge in [-0.3, -0.25) is 39.1 Å². The van der Waals surface area contributed by atoms with E-state index in [1.807, 2.05) is 17.0 Å². The van der Waals surface area contributed by atoms with E-state index in [-0.39, 0.29) is 47.8 Å². The normalized spacial score (nSPS) is 25.5. The van der Waals surface area contributed by atoms with Crippen LogP contribution in [0.1, 0.15) is 93.9 Å². The molecule has 1 unspecified atom stereocenters. The van der Waals surface area contributed by atoms with Crippen molar-refractivity contribution >= 4 is 46.8 Å². The Labute approximate surface area is 317 Å². The summed E-state index contributed by atoms with van der Waals surface area (Å²) in [4.78, 5) is 72.3. The van der Waals surface area contributed by atoms with Crippen LogP contribution in [0.15, 0.2) is 48.5 Å². The molecule has 0 spiro atoms. The Morgan fingerprint density at radius 1 is 0.815 bits per heavy atom. The molecule has 5 aliphatic heterocycles. The molecular weight excluding hydrogens is 708 g/mol. The van der Waals surface area contributed by atoms with Gasteiger partial charge >= 0.3 is 0 Å².